The van der Waals surface area contributed by atoms with Gasteiger partial charge < -0.3 is 10.1 Å². The highest BCUT2D eigenvalue weighted by molar-refractivity contribution is 7.89. The Morgan fingerprint density at radius 1 is 1.33 bits per heavy atom. The number of sulfonamides is 1. The molecule has 0 aromatic carbocycles. The predicted octanol–water partition coefficient (Wildman–Crippen LogP) is 2.26. The minimum Gasteiger partial charge on any atom is -0.385 e. The Morgan fingerprint density at radius 2 is 2.10 bits per heavy atom. The van der Waals surface area contributed by atoms with Gasteiger partial charge >= 0.3 is 0 Å². The third-order valence-corrected chi connectivity index (χ3v) is 4.45. The number of halogens is 1. The molecule has 0 unspecified atom stereocenters. The second kappa shape index (κ2) is 9.19. The lowest BCUT2D eigenvalue weighted by molar-refractivity contribution is 0.193. The molecule has 1 aromatic rings. The van der Waals surface area contributed by atoms with Gasteiger partial charge in [-0.05, 0) is 25.3 Å². The van der Waals surface area contributed by atoms with E-state index in [-0.39, 0.29) is 4.90 Å². The quantitative estimate of drug-likeness (QED) is 0.641. The van der Waals surface area contributed by atoms with Gasteiger partial charge in [0.05, 0.1) is 5.02 Å². The first-order valence-corrected chi connectivity index (χ1v) is 8.75. The summed E-state index contributed by atoms with van der Waals surface area (Å²) in [7, 11) is -1.96. The zero-order valence-corrected chi connectivity index (χ0v) is 13.9. The monoisotopic (exact) mass is 335 g/mol. The van der Waals surface area contributed by atoms with E-state index in [4.69, 9.17) is 16.3 Å². The maximum Gasteiger partial charge on any atom is 0.242 e. The molecule has 6 nitrogen and oxygen atoms in total. The molecule has 0 aliphatic carbocycles. The number of nitrogens with one attached hydrogen (secondary N) is 2. The van der Waals surface area contributed by atoms with Crippen LogP contribution in [0.2, 0.25) is 5.02 Å². The summed E-state index contributed by atoms with van der Waals surface area (Å²) in [5, 5.41) is 3.33. The van der Waals surface area contributed by atoms with Gasteiger partial charge in [0.25, 0.3) is 0 Å². The Hall–Kier alpha value is -0.890. The summed E-state index contributed by atoms with van der Waals surface area (Å²) in [6.07, 6.45) is 3.75. The average Bonchev–Trinajstić information content (AvgIpc) is 2.45. The molecule has 1 aromatic heterocycles. The predicted molar refractivity (Wildman–Crippen MR) is 84.3 cm³/mol. The van der Waals surface area contributed by atoms with Crippen molar-refractivity contribution < 1.29 is 13.2 Å². The van der Waals surface area contributed by atoms with Gasteiger partial charge in [0.15, 0.2) is 0 Å². The summed E-state index contributed by atoms with van der Waals surface area (Å²) in [6.45, 7) is 3.73. The Labute approximate surface area is 131 Å². The van der Waals surface area contributed by atoms with Gasteiger partial charge in [0, 0.05) is 33.0 Å². The van der Waals surface area contributed by atoms with Crippen molar-refractivity contribution in [2.24, 2.45) is 0 Å². The van der Waals surface area contributed by atoms with E-state index in [0.717, 1.165) is 19.4 Å². The molecule has 8 heteroatoms. The first-order chi connectivity index (χ1) is 10.0. The van der Waals surface area contributed by atoms with Crippen LogP contribution in [0.3, 0.4) is 0 Å². The van der Waals surface area contributed by atoms with Crippen molar-refractivity contribution in [3.8, 4) is 0 Å². The van der Waals surface area contributed by atoms with E-state index in [2.05, 4.69) is 15.0 Å². The molecule has 0 amide bonds. The van der Waals surface area contributed by atoms with Crippen LogP contribution in [0.4, 0.5) is 5.82 Å². The standard InChI is InChI=1S/C13H22ClN3O3S/c1-3-6-15-13-12(14)9-11(10-16-13)21(18,19)17-7-4-5-8-20-2/h9-10,17H,3-8H2,1-2H3,(H,15,16). The van der Waals surface area contributed by atoms with Crippen LogP contribution in [0.1, 0.15) is 26.2 Å². The van der Waals surface area contributed by atoms with E-state index in [1.165, 1.54) is 12.3 Å². The maximum atomic E-state index is 12.1. The summed E-state index contributed by atoms with van der Waals surface area (Å²) in [6, 6.07) is 1.41. The zero-order chi connectivity index (χ0) is 15.7. The van der Waals surface area contributed by atoms with Gasteiger partial charge in [-0.3, -0.25) is 0 Å². The highest BCUT2D eigenvalue weighted by Gasteiger charge is 2.15. The van der Waals surface area contributed by atoms with Crippen LogP contribution < -0.4 is 10.0 Å². The van der Waals surface area contributed by atoms with Crippen LogP contribution in [0.25, 0.3) is 0 Å². The molecule has 0 aliphatic rings. The third-order valence-electron chi connectivity index (χ3n) is 2.74. The Balaban J connectivity index is 2.64. The first-order valence-electron chi connectivity index (χ1n) is 6.89. The molecular weight excluding hydrogens is 314 g/mol. The van der Waals surface area contributed by atoms with Gasteiger partial charge in [0.2, 0.25) is 10.0 Å². The number of pyridine rings is 1. The third kappa shape index (κ3) is 6.17. The fourth-order valence-electron chi connectivity index (χ4n) is 1.60. The fraction of sp³-hybridized carbons (Fsp3) is 0.615. The zero-order valence-electron chi connectivity index (χ0n) is 12.4. The van der Waals surface area contributed by atoms with Crippen LogP contribution in [0.5, 0.6) is 0 Å². The van der Waals surface area contributed by atoms with Crippen LogP contribution in [-0.4, -0.2) is 40.2 Å². The number of unbranched alkanes of at least 4 members (excludes halogenated alkanes) is 1. The van der Waals surface area contributed by atoms with E-state index in [0.29, 0.717) is 30.4 Å². The molecule has 0 spiro atoms. The SMILES string of the molecule is CCCNc1ncc(S(=O)(=O)NCCCCOC)cc1Cl. The van der Waals surface area contributed by atoms with Crippen LogP contribution in [0, 0.1) is 0 Å². The van der Waals surface area contributed by atoms with E-state index in [1.807, 2.05) is 6.92 Å². The minimum absolute atomic E-state index is 0.0706. The fourth-order valence-corrected chi connectivity index (χ4v) is 2.94. The molecular formula is C13H22ClN3O3S. The summed E-state index contributed by atoms with van der Waals surface area (Å²) >= 11 is 6.04. The van der Waals surface area contributed by atoms with Gasteiger partial charge in [-0.2, -0.15) is 0 Å². The highest BCUT2D eigenvalue weighted by Crippen LogP contribution is 2.22. The van der Waals surface area contributed by atoms with E-state index in [1.54, 1.807) is 7.11 Å². The number of hydrogen-bond acceptors (Lipinski definition) is 5. The number of anilines is 1. The Kier molecular flexibility index (Phi) is 7.95. The second-order valence-electron chi connectivity index (χ2n) is 4.53. The molecule has 0 bridgehead atoms. The van der Waals surface area contributed by atoms with Crippen molar-refractivity contribution in [1.29, 1.82) is 0 Å². The highest BCUT2D eigenvalue weighted by atomic mass is 35.5. The van der Waals surface area contributed by atoms with Crippen molar-refractivity contribution in [2.75, 3.05) is 32.1 Å². The summed E-state index contributed by atoms with van der Waals surface area (Å²) in [5.74, 6) is 0.498. The van der Waals surface area contributed by atoms with Gasteiger partial charge in [0.1, 0.15) is 10.7 Å². The molecule has 0 aliphatic heterocycles. The number of nitrogens with zero attached hydrogens (tertiary/aromatic N) is 1. The number of rotatable bonds is 10. The van der Waals surface area contributed by atoms with E-state index in [9.17, 15) is 8.42 Å². The molecule has 0 fully saturated rings. The number of ether oxygens (including phenoxy) is 1. The molecule has 120 valence electrons. The van der Waals surface area contributed by atoms with Crippen molar-refractivity contribution in [3.05, 3.63) is 17.3 Å². The topological polar surface area (TPSA) is 80.3 Å². The lowest BCUT2D eigenvalue weighted by atomic mass is 10.3. The molecule has 0 saturated carbocycles. The summed E-state index contributed by atoms with van der Waals surface area (Å²) in [5.41, 5.74) is 0. The van der Waals surface area contributed by atoms with Gasteiger partial charge in [-0.15, -0.1) is 0 Å². The first kappa shape index (κ1) is 18.2. The lowest BCUT2D eigenvalue weighted by Crippen LogP contribution is -2.25. The van der Waals surface area contributed by atoms with Crippen molar-refractivity contribution in [3.63, 3.8) is 0 Å². The smallest absolute Gasteiger partial charge is 0.242 e. The van der Waals surface area contributed by atoms with Crippen LogP contribution in [-0.2, 0) is 14.8 Å². The van der Waals surface area contributed by atoms with Gasteiger partial charge in [-0.1, -0.05) is 18.5 Å². The van der Waals surface area contributed by atoms with Gasteiger partial charge in [-0.25, -0.2) is 18.1 Å². The van der Waals surface area contributed by atoms with E-state index < -0.39 is 10.0 Å². The van der Waals surface area contributed by atoms with Crippen molar-refractivity contribution >= 4 is 27.4 Å². The molecule has 0 atom stereocenters. The molecule has 0 radical (unpaired) electrons. The van der Waals surface area contributed by atoms with Crippen molar-refractivity contribution in [2.45, 2.75) is 31.1 Å². The lowest BCUT2D eigenvalue weighted by Gasteiger charge is -2.09. The normalized spacial score (nSPS) is 11.6. The summed E-state index contributed by atoms with van der Waals surface area (Å²) in [4.78, 5) is 4.13. The molecule has 21 heavy (non-hydrogen) atoms. The molecule has 2 N–H and O–H groups in total. The summed E-state index contributed by atoms with van der Waals surface area (Å²) < 4.78 is 31.6. The number of aromatic nitrogens is 1. The molecule has 0 saturated heterocycles. The molecule has 1 rings (SSSR count). The van der Waals surface area contributed by atoms with E-state index >= 15 is 0 Å². The minimum atomic E-state index is -3.57. The second-order valence-corrected chi connectivity index (χ2v) is 6.70. The van der Waals surface area contributed by atoms with Crippen LogP contribution >= 0.6 is 11.6 Å². The average molecular weight is 336 g/mol. The van der Waals surface area contributed by atoms with Crippen LogP contribution in [0.15, 0.2) is 17.2 Å². The number of methoxy groups -OCH3 is 1. The molecule has 1 heterocycles. The number of hydrogen-bond donors (Lipinski definition) is 2. The Morgan fingerprint density at radius 3 is 2.71 bits per heavy atom. The Bertz CT molecular complexity index is 537. The largest absolute Gasteiger partial charge is 0.385 e. The van der Waals surface area contributed by atoms with Crippen molar-refractivity contribution in [1.82, 2.24) is 9.71 Å². The maximum absolute atomic E-state index is 12.1.